The van der Waals surface area contributed by atoms with Crippen LogP contribution < -0.4 is 20.1 Å². The van der Waals surface area contributed by atoms with Crippen molar-refractivity contribution in [3.8, 4) is 11.5 Å². The summed E-state index contributed by atoms with van der Waals surface area (Å²) in [6.07, 6.45) is 2.54. The summed E-state index contributed by atoms with van der Waals surface area (Å²) in [7, 11) is 5.11. The molecule has 0 aromatic heterocycles. The number of hydrogen-bond donors (Lipinski definition) is 2. The third-order valence-corrected chi connectivity index (χ3v) is 4.74. The van der Waals surface area contributed by atoms with Crippen LogP contribution in [0.5, 0.6) is 11.5 Å². The Hall–Kier alpha value is -1.22. The summed E-state index contributed by atoms with van der Waals surface area (Å²) in [6.45, 7) is 8.56. The van der Waals surface area contributed by atoms with Gasteiger partial charge in [0.15, 0.2) is 17.5 Å². The van der Waals surface area contributed by atoms with Crippen molar-refractivity contribution in [2.24, 2.45) is 10.9 Å². The fourth-order valence-electron chi connectivity index (χ4n) is 3.45. The highest BCUT2D eigenvalue weighted by atomic mass is 127. The van der Waals surface area contributed by atoms with Crippen molar-refractivity contribution in [2.75, 3.05) is 40.9 Å². The molecule has 1 aliphatic rings. The Morgan fingerprint density at radius 3 is 2.59 bits per heavy atom. The number of hydrogen-bond acceptors (Lipinski definition) is 4. The number of methoxy groups -OCH3 is 2. The highest BCUT2D eigenvalue weighted by Crippen LogP contribution is 2.27. The molecule has 1 atom stereocenters. The average molecular weight is 490 g/mol. The minimum Gasteiger partial charge on any atom is -0.493 e. The zero-order valence-electron chi connectivity index (χ0n) is 17.2. The average Bonchev–Trinajstić information content (AvgIpc) is 3.07. The smallest absolute Gasteiger partial charge is 0.191 e. The van der Waals surface area contributed by atoms with Gasteiger partial charge in [0.05, 0.1) is 14.2 Å². The molecule has 0 unspecified atom stereocenters. The maximum atomic E-state index is 5.36. The van der Waals surface area contributed by atoms with Gasteiger partial charge < -0.3 is 20.1 Å². The van der Waals surface area contributed by atoms with Crippen LogP contribution in [-0.4, -0.2) is 57.8 Å². The molecule has 7 heteroatoms. The molecule has 1 heterocycles. The first kappa shape index (κ1) is 23.8. The fraction of sp³-hybridized carbons (Fsp3) is 0.650. The van der Waals surface area contributed by atoms with E-state index in [9.17, 15) is 0 Å². The van der Waals surface area contributed by atoms with E-state index in [2.05, 4.69) is 34.4 Å². The molecule has 6 nitrogen and oxygen atoms in total. The maximum Gasteiger partial charge on any atom is 0.191 e. The largest absolute Gasteiger partial charge is 0.493 e. The van der Waals surface area contributed by atoms with Crippen LogP contribution in [-0.2, 0) is 6.54 Å². The molecule has 0 saturated carbocycles. The van der Waals surface area contributed by atoms with E-state index < -0.39 is 0 Å². The van der Waals surface area contributed by atoms with Crippen LogP contribution in [0.4, 0.5) is 0 Å². The molecule has 27 heavy (non-hydrogen) atoms. The van der Waals surface area contributed by atoms with Crippen LogP contribution in [0.25, 0.3) is 0 Å². The third-order valence-electron chi connectivity index (χ3n) is 4.74. The fourth-order valence-corrected chi connectivity index (χ4v) is 3.45. The summed E-state index contributed by atoms with van der Waals surface area (Å²) >= 11 is 0. The predicted molar refractivity (Wildman–Crippen MR) is 123 cm³/mol. The highest BCUT2D eigenvalue weighted by Gasteiger charge is 2.24. The Balaban J connectivity index is 0.00000364. The van der Waals surface area contributed by atoms with Crippen LogP contribution in [0.15, 0.2) is 23.2 Å². The van der Waals surface area contributed by atoms with Crippen molar-refractivity contribution in [1.29, 1.82) is 0 Å². The van der Waals surface area contributed by atoms with Gasteiger partial charge in [-0.05, 0) is 43.0 Å². The molecule has 0 bridgehead atoms. The Bertz CT molecular complexity index is 595. The standard InChI is InChI=1S/C20H34N4O2.HI/c1-15(2)14-24-10-6-7-17(24)13-23-20(21-3)22-12-16-8-9-18(25-4)19(11-16)26-5;/h8-9,11,15,17H,6-7,10,12-14H2,1-5H3,(H2,21,22,23);1H/t17-;/m1./s1. The van der Waals surface area contributed by atoms with E-state index >= 15 is 0 Å². The molecule has 0 radical (unpaired) electrons. The molecular weight excluding hydrogens is 455 g/mol. The predicted octanol–water partition coefficient (Wildman–Crippen LogP) is 3.11. The molecular formula is C20H35IN4O2. The van der Waals surface area contributed by atoms with Gasteiger partial charge in [-0.3, -0.25) is 9.89 Å². The topological polar surface area (TPSA) is 58.1 Å². The van der Waals surface area contributed by atoms with E-state index in [1.165, 1.54) is 25.9 Å². The number of aliphatic imine (C=N–C) groups is 1. The van der Waals surface area contributed by atoms with E-state index in [1.54, 1.807) is 14.2 Å². The van der Waals surface area contributed by atoms with Crippen LogP contribution in [0, 0.1) is 5.92 Å². The van der Waals surface area contributed by atoms with Crippen molar-refractivity contribution >= 4 is 29.9 Å². The van der Waals surface area contributed by atoms with Crippen molar-refractivity contribution in [1.82, 2.24) is 15.5 Å². The van der Waals surface area contributed by atoms with Gasteiger partial charge in [0.25, 0.3) is 0 Å². The molecule has 0 amide bonds. The van der Waals surface area contributed by atoms with Gasteiger partial charge in [-0.1, -0.05) is 19.9 Å². The lowest BCUT2D eigenvalue weighted by Crippen LogP contribution is -2.45. The number of halogens is 1. The van der Waals surface area contributed by atoms with Gasteiger partial charge in [0.1, 0.15) is 0 Å². The quantitative estimate of drug-likeness (QED) is 0.333. The van der Waals surface area contributed by atoms with Crippen LogP contribution in [0.2, 0.25) is 0 Å². The lowest BCUT2D eigenvalue weighted by atomic mass is 10.1. The first-order valence-corrected chi connectivity index (χ1v) is 9.46. The van der Waals surface area contributed by atoms with Gasteiger partial charge in [-0.2, -0.15) is 0 Å². The van der Waals surface area contributed by atoms with E-state index in [4.69, 9.17) is 9.47 Å². The Labute approximate surface area is 181 Å². The number of ether oxygens (including phenoxy) is 2. The second kappa shape index (κ2) is 12.3. The van der Waals surface area contributed by atoms with E-state index in [-0.39, 0.29) is 24.0 Å². The van der Waals surface area contributed by atoms with Gasteiger partial charge in [0, 0.05) is 32.7 Å². The summed E-state index contributed by atoms with van der Waals surface area (Å²) in [5.41, 5.74) is 1.12. The van der Waals surface area contributed by atoms with Gasteiger partial charge >= 0.3 is 0 Å². The normalized spacial score (nSPS) is 17.6. The zero-order chi connectivity index (χ0) is 18.9. The molecule has 2 N–H and O–H groups in total. The van der Waals surface area contributed by atoms with Crippen molar-refractivity contribution < 1.29 is 9.47 Å². The molecule has 0 spiro atoms. The van der Waals surface area contributed by atoms with E-state index in [1.807, 2.05) is 25.2 Å². The molecule has 1 fully saturated rings. The first-order valence-electron chi connectivity index (χ1n) is 9.46. The lowest BCUT2D eigenvalue weighted by Gasteiger charge is -2.27. The Kier molecular flexibility index (Phi) is 10.8. The van der Waals surface area contributed by atoms with Crippen LogP contribution >= 0.6 is 24.0 Å². The Morgan fingerprint density at radius 1 is 1.22 bits per heavy atom. The minimum absolute atomic E-state index is 0. The van der Waals surface area contributed by atoms with E-state index in [0.29, 0.717) is 18.5 Å². The van der Waals surface area contributed by atoms with Crippen LogP contribution in [0.3, 0.4) is 0 Å². The molecule has 1 aromatic rings. The molecule has 0 aliphatic carbocycles. The number of guanidine groups is 1. The second-order valence-electron chi connectivity index (χ2n) is 7.18. The maximum absolute atomic E-state index is 5.36. The monoisotopic (exact) mass is 490 g/mol. The molecule has 1 saturated heterocycles. The van der Waals surface area contributed by atoms with Crippen molar-refractivity contribution in [2.45, 2.75) is 39.3 Å². The summed E-state index contributed by atoms with van der Waals surface area (Å²) < 4.78 is 10.6. The van der Waals surface area contributed by atoms with Crippen molar-refractivity contribution in [3.63, 3.8) is 0 Å². The van der Waals surface area contributed by atoms with Gasteiger partial charge in [-0.25, -0.2) is 0 Å². The highest BCUT2D eigenvalue weighted by molar-refractivity contribution is 14.0. The second-order valence-corrected chi connectivity index (χ2v) is 7.18. The summed E-state index contributed by atoms with van der Waals surface area (Å²) in [6, 6.07) is 6.54. The number of benzene rings is 1. The SMILES string of the molecule is CN=C(NCc1ccc(OC)c(OC)c1)NC[C@H]1CCCN1CC(C)C.I. The third kappa shape index (κ3) is 7.37. The first-order chi connectivity index (χ1) is 12.6. The molecule has 1 aromatic carbocycles. The zero-order valence-corrected chi connectivity index (χ0v) is 19.6. The molecule has 2 rings (SSSR count). The number of nitrogens with one attached hydrogen (secondary N) is 2. The Morgan fingerprint density at radius 2 is 1.96 bits per heavy atom. The number of nitrogens with zero attached hydrogens (tertiary/aromatic N) is 2. The van der Waals surface area contributed by atoms with Gasteiger partial charge in [0.2, 0.25) is 0 Å². The van der Waals surface area contributed by atoms with Gasteiger partial charge in [-0.15, -0.1) is 24.0 Å². The molecule has 1 aliphatic heterocycles. The van der Waals surface area contributed by atoms with Crippen molar-refractivity contribution in [3.05, 3.63) is 23.8 Å². The number of likely N-dealkylation sites (tertiary alicyclic amines) is 1. The minimum atomic E-state index is 0. The number of rotatable bonds is 8. The lowest BCUT2D eigenvalue weighted by molar-refractivity contribution is 0.226. The van der Waals surface area contributed by atoms with Crippen LogP contribution in [0.1, 0.15) is 32.3 Å². The summed E-state index contributed by atoms with van der Waals surface area (Å²) in [5.74, 6) is 3.02. The van der Waals surface area contributed by atoms with E-state index in [0.717, 1.165) is 29.6 Å². The molecule has 154 valence electrons. The summed E-state index contributed by atoms with van der Waals surface area (Å²) in [5, 5.41) is 6.86. The summed E-state index contributed by atoms with van der Waals surface area (Å²) in [4.78, 5) is 6.94.